The third kappa shape index (κ3) is 4.57. The summed E-state index contributed by atoms with van der Waals surface area (Å²) >= 11 is 0. The number of hydrogen-bond donors (Lipinski definition) is 2. The lowest BCUT2D eigenvalue weighted by Crippen LogP contribution is -2.41. The minimum Gasteiger partial charge on any atom is -0.369 e. The third-order valence-electron chi connectivity index (χ3n) is 5.96. The van der Waals surface area contributed by atoms with E-state index in [9.17, 15) is 4.79 Å². The first-order valence-electron chi connectivity index (χ1n) is 9.97. The van der Waals surface area contributed by atoms with E-state index in [1.165, 1.54) is 24.0 Å². The number of benzene rings is 1. The number of carbonyl (C=O) groups is 1. The molecule has 1 aliphatic carbocycles. The van der Waals surface area contributed by atoms with Crippen LogP contribution in [0.1, 0.15) is 42.9 Å². The van der Waals surface area contributed by atoms with E-state index in [4.69, 9.17) is 5.73 Å². The summed E-state index contributed by atoms with van der Waals surface area (Å²) in [5.74, 6) is -0.155. The van der Waals surface area contributed by atoms with Crippen molar-refractivity contribution < 1.29 is 4.79 Å². The van der Waals surface area contributed by atoms with Gasteiger partial charge >= 0.3 is 0 Å². The van der Waals surface area contributed by atoms with Crippen molar-refractivity contribution in [2.24, 2.45) is 11.7 Å². The first-order valence-corrected chi connectivity index (χ1v) is 9.97. The maximum Gasteiger partial charge on any atom is 0.221 e. The van der Waals surface area contributed by atoms with Gasteiger partial charge in [0.25, 0.3) is 0 Å². The molecule has 0 bridgehead atoms. The molecule has 1 aromatic carbocycles. The van der Waals surface area contributed by atoms with Crippen LogP contribution < -0.4 is 11.1 Å². The number of primary amides is 1. The second kappa shape index (κ2) is 8.23. The molecule has 27 heavy (non-hydrogen) atoms. The lowest BCUT2D eigenvalue weighted by molar-refractivity contribution is -0.123. The van der Waals surface area contributed by atoms with E-state index in [-0.39, 0.29) is 11.8 Å². The topological polar surface area (TPSA) is 76.2 Å². The smallest absolute Gasteiger partial charge is 0.221 e. The fourth-order valence-corrected chi connectivity index (χ4v) is 4.27. The third-order valence-corrected chi connectivity index (χ3v) is 5.96. The minimum absolute atomic E-state index is 0.00524. The first kappa shape index (κ1) is 18.2. The zero-order valence-corrected chi connectivity index (χ0v) is 15.8. The van der Waals surface area contributed by atoms with Gasteiger partial charge in [0.15, 0.2) is 0 Å². The maximum absolute atomic E-state index is 11.5. The molecule has 144 valence electrons. The normalized spacial score (nSPS) is 25.9. The number of imidazole rings is 1. The molecule has 0 spiro atoms. The molecule has 1 saturated heterocycles. The van der Waals surface area contributed by atoms with E-state index in [0.29, 0.717) is 12.1 Å². The van der Waals surface area contributed by atoms with E-state index >= 15 is 0 Å². The molecule has 1 atom stereocenters. The van der Waals surface area contributed by atoms with Gasteiger partial charge in [-0.05, 0) is 43.4 Å². The zero-order chi connectivity index (χ0) is 18.6. The summed E-state index contributed by atoms with van der Waals surface area (Å²) in [6.45, 7) is 3.63. The Labute approximate surface area is 160 Å². The number of hydrogen-bond acceptors (Lipinski definition) is 4. The molecule has 2 aliphatic rings. The van der Waals surface area contributed by atoms with Crippen LogP contribution in [0.3, 0.4) is 0 Å². The van der Waals surface area contributed by atoms with Gasteiger partial charge in [0.05, 0.1) is 12.2 Å². The van der Waals surface area contributed by atoms with E-state index in [0.717, 1.165) is 39.0 Å². The molecule has 1 amide bonds. The number of nitrogens with zero attached hydrogens (tertiary/aromatic N) is 3. The predicted octanol–water partition coefficient (Wildman–Crippen LogP) is 2.07. The van der Waals surface area contributed by atoms with Crippen LogP contribution in [0.5, 0.6) is 0 Å². The molecule has 1 unspecified atom stereocenters. The van der Waals surface area contributed by atoms with Crippen molar-refractivity contribution in [2.75, 3.05) is 13.1 Å². The Morgan fingerprint density at radius 2 is 2.15 bits per heavy atom. The van der Waals surface area contributed by atoms with Crippen LogP contribution in [0.2, 0.25) is 0 Å². The van der Waals surface area contributed by atoms with Crippen molar-refractivity contribution in [3.05, 3.63) is 54.1 Å². The summed E-state index contributed by atoms with van der Waals surface area (Å²) in [7, 11) is 0. The number of nitrogens with one attached hydrogen (secondary N) is 1. The number of aromatic nitrogens is 2. The van der Waals surface area contributed by atoms with Gasteiger partial charge in [-0.25, -0.2) is 4.98 Å². The van der Waals surface area contributed by atoms with Crippen molar-refractivity contribution in [3.63, 3.8) is 0 Å². The standard InChI is InChI=1S/C21H29N5O/c22-21(27)18-5-2-7-25(14-18)13-17-4-1-3-16(9-17)12-24-19-10-20(11-19)26-8-6-23-15-26/h1,3-4,6,8-9,15,18-20,24H,2,5,7,10-14H2,(H2,22,27). The van der Waals surface area contributed by atoms with Crippen LogP contribution in [0, 0.1) is 5.92 Å². The van der Waals surface area contributed by atoms with E-state index in [1.54, 1.807) is 0 Å². The van der Waals surface area contributed by atoms with E-state index in [2.05, 4.69) is 44.0 Å². The molecule has 6 nitrogen and oxygen atoms in total. The first-order chi connectivity index (χ1) is 13.2. The Morgan fingerprint density at radius 1 is 1.30 bits per heavy atom. The molecule has 6 heteroatoms. The minimum atomic E-state index is -0.160. The molecule has 1 aromatic heterocycles. The number of piperidine rings is 1. The van der Waals surface area contributed by atoms with Gasteiger partial charge in [-0.1, -0.05) is 24.3 Å². The Kier molecular flexibility index (Phi) is 5.55. The van der Waals surface area contributed by atoms with Gasteiger partial charge in [0, 0.05) is 44.1 Å². The highest BCUT2D eigenvalue weighted by Crippen LogP contribution is 2.32. The van der Waals surface area contributed by atoms with Crippen molar-refractivity contribution >= 4 is 5.91 Å². The lowest BCUT2D eigenvalue weighted by atomic mass is 9.86. The molecule has 2 fully saturated rings. The second-order valence-corrected chi connectivity index (χ2v) is 8.01. The van der Waals surface area contributed by atoms with Crippen molar-refractivity contribution in [1.29, 1.82) is 0 Å². The van der Waals surface area contributed by atoms with Gasteiger partial charge in [0.1, 0.15) is 0 Å². The molecular weight excluding hydrogens is 338 g/mol. The Hall–Kier alpha value is -2.18. The van der Waals surface area contributed by atoms with Gasteiger partial charge in [-0.15, -0.1) is 0 Å². The highest BCUT2D eigenvalue weighted by Gasteiger charge is 2.29. The fraction of sp³-hybridized carbons (Fsp3) is 0.524. The highest BCUT2D eigenvalue weighted by atomic mass is 16.1. The fourth-order valence-electron chi connectivity index (χ4n) is 4.27. The molecular formula is C21H29N5O. The zero-order valence-electron chi connectivity index (χ0n) is 15.8. The average Bonchev–Trinajstić information content (AvgIpc) is 3.15. The van der Waals surface area contributed by atoms with Crippen LogP contribution in [-0.2, 0) is 17.9 Å². The molecule has 1 aliphatic heterocycles. The Balaban J connectivity index is 1.25. The molecule has 1 saturated carbocycles. The number of amides is 1. The quantitative estimate of drug-likeness (QED) is 0.786. The SMILES string of the molecule is NC(=O)C1CCCN(Cc2cccc(CNC3CC(n4ccnc4)C3)c2)C1. The summed E-state index contributed by atoms with van der Waals surface area (Å²) in [6.07, 6.45) is 10.1. The lowest BCUT2D eigenvalue weighted by Gasteiger charge is -2.36. The van der Waals surface area contributed by atoms with E-state index < -0.39 is 0 Å². The Bertz CT molecular complexity index is 754. The molecule has 3 N–H and O–H groups in total. The van der Waals surface area contributed by atoms with Gasteiger partial charge in [-0.3, -0.25) is 9.69 Å². The van der Waals surface area contributed by atoms with Crippen LogP contribution in [-0.4, -0.2) is 39.5 Å². The van der Waals surface area contributed by atoms with Crippen LogP contribution in [0.15, 0.2) is 43.0 Å². The molecule has 0 radical (unpaired) electrons. The monoisotopic (exact) mass is 367 g/mol. The molecule has 4 rings (SSSR count). The summed E-state index contributed by atoms with van der Waals surface area (Å²) in [4.78, 5) is 18.0. The summed E-state index contributed by atoms with van der Waals surface area (Å²) < 4.78 is 2.21. The van der Waals surface area contributed by atoms with Crippen LogP contribution in [0.4, 0.5) is 0 Å². The highest BCUT2D eigenvalue weighted by molar-refractivity contribution is 5.76. The van der Waals surface area contributed by atoms with Crippen LogP contribution >= 0.6 is 0 Å². The summed E-state index contributed by atoms with van der Waals surface area (Å²) in [5.41, 5.74) is 8.13. The largest absolute Gasteiger partial charge is 0.369 e. The van der Waals surface area contributed by atoms with Crippen molar-refractivity contribution in [3.8, 4) is 0 Å². The molecule has 2 aromatic rings. The van der Waals surface area contributed by atoms with Crippen LogP contribution in [0.25, 0.3) is 0 Å². The van der Waals surface area contributed by atoms with Gasteiger partial charge in [0.2, 0.25) is 5.91 Å². The maximum atomic E-state index is 11.5. The summed E-state index contributed by atoms with van der Waals surface area (Å²) in [5, 5.41) is 3.67. The number of nitrogens with two attached hydrogens (primary N) is 1. The number of likely N-dealkylation sites (tertiary alicyclic amines) is 1. The average molecular weight is 367 g/mol. The summed E-state index contributed by atoms with van der Waals surface area (Å²) in [6, 6.07) is 9.96. The van der Waals surface area contributed by atoms with Crippen molar-refractivity contribution in [2.45, 2.75) is 50.9 Å². The van der Waals surface area contributed by atoms with Gasteiger partial charge in [-0.2, -0.15) is 0 Å². The van der Waals surface area contributed by atoms with Crippen molar-refractivity contribution in [1.82, 2.24) is 19.8 Å². The second-order valence-electron chi connectivity index (χ2n) is 8.01. The van der Waals surface area contributed by atoms with Gasteiger partial charge < -0.3 is 15.6 Å². The molecule has 2 heterocycles. The van der Waals surface area contributed by atoms with E-state index in [1.807, 2.05) is 18.7 Å². The Morgan fingerprint density at radius 3 is 2.93 bits per heavy atom. The number of rotatable bonds is 7. The number of carbonyl (C=O) groups excluding carboxylic acids is 1. The predicted molar refractivity (Wildman–Crippen MR) is 105 cm³/mol.